The molecule has 4 N–H and O–H groups in total. The van der Waals surface area contributed by atoms with Gasteiger partial charge in [0.25, 0.3) is 0 Å². The minimum atomic E-state index is -0.477. The summed E-state index contributed by atoms with van der Waals surface area (Å²) in [5, 5.41) is 0. The number of aromatic nitrogens is 2. The molecule has 0 atom stereocenters. The molecule has 0 radical (unpaired) electrons. The SMILES string of the molecule is NCC(=O)OCc1ccnc(-c2cc(COC(=O)CN)ccn2)c1. The van der Waals surface area contributed by atoms with E-state index in [1.807, 2.05) is 0 Å². The maximum absolute atomic E-state index is 11.1. The van der Waals surface area contributed by atoms with Gasteiger partial charge in [-0.25, -0.2) is 0 Å². The zero-order chi connectivity index (χ0) is 17.4. The van der Waals surface area contributed by atoms with Crippen molar-refractivity contribution in [2.24, 2.45) is 11.5 Å². The first-order valence-electron chi connectivity index (χ1n) is 7.24. The Balaban J connectivity index is 2.10. The van der Waals surface area contributed by atoms with Gasteiger partial charge in [-0.3, -0.25) is 19.6 Å². The average molecular weight is 330 g/mol. The molecule has 2 aromatic rings. The number of rotatable bonds is 7. The molecule has 0 saturated heterocycles. The molecule has 0 aliphatic carbocycles. The standard InChI is InChI=1S/C16H18N4O4/c17-7-15(21)23-9-11-1-3-19-13(5-11)14-6-12(2-4-20-14)10-24-16(22)8-18/h1-6H,7-10,17-18H2. The number of nitrogens with zero attached hydrogens (tertiary/aromatic N) is 2. The molecular weight excluding hydrogens is 312 g/mol. The lowest BCUT2D eigenvalue weighted by molar-refractivity contribution is -0.144. The summed E-state index contributed by atoms with van der Waals surface area (Å²) in [5.74, 6) is -0.953. The van der Waals surface area contributed by atoms with Gasteiger partial charge in [-0.2, -0.15) is 0 Å². The molecule has 0 saturated carbocycles. The van der Waals surface area contributed by atoms with E-state index in [-0.39, 0.29) is 26.3 Å². The van der Waals surface area contributed by atoms with Crippen LogP contribution in [-0.2, 0) is 32.3 Å². The summed E-state index contributed by atoms with van der Waals surface area (Å²) in [7, 11) is 0. The second-order valence-electron chi connectivity index (χ2n) is 4.83. The summed E-state index contributed by atoms with van der Waals surface area (Å²) in [6.45, 7) is -0.106. The summed E-state index contributed by atoms with van der Waals surface area (Å²) in [5.41, 5.74) is 13.1. The van der Waals surface area contributed by atoms with Crippen molar-refractivity contribution < 1.29 is 19.1 Å². The topological polar surface area (TPSA) is 130 Å². The van der Waals surface area contributed by atoms with Crippen LogP contribution in [-0.4, -0.2) is 35.0 Å². The van der Waals surface area contributed by atoms with Gasteiger partial charge in [0, 0.05) is 12.4 Å². The summed E-state index contributed by atoms with van der Waals surface area (Å²) in [4.78, 5) is 30.7. The second-order valence-corrected chi connectivity index (χ2v) is 4.83. The third-order valence-electron chi connectivity index (χ3n) is 3.04. The van der Waals surface area contributed by atoms with Crippen LogP contribution in [0.4, 0.5) is 0 Å². The fourth-order valence-corrected chi connectivity index (χ4v) is 1.85. The zero-order valence-electron chi connectivity index (χ0n) is 13.0. The molecule has 8 heteroatoms. The smallest absolute Gasteiger partial charge is 0.320 e. The molecule has 8 nitrogen and oxygen atoms in total. The molecule has 0 aliphatic heterocycles. The Hall–Kier alpha value is -2.84. The lowest BCUT2D eigenvalue weighted by Gasteiger charge is -2.07. The Bertz CT molecular complexity index is 659. The van der Waals surface area contributed by atoms with Crippen molar-refractivity contribution in [1.29, 1.82) is 0 Å². The fourth-order valence-electron chi connectivity index (χ4n) is 1.85. The summed E-state index contributed by atoms with van der Waals surface area (Å²) in [6.07, 6.45) is 3.20. The van der Waals surface area contributed by atoms with Crippen molar-refractivity contribution >= 4 is 11.9 Å². The molecule has 24 heavy (non-hydrogen) atoms. The largest absolute Gasteiger partial charge is 0.460 e. The minimum absolute atomic E-state index is 0.110. The van der Waals surface area contributed by atoms with Crippen molar-refractivity contribution in [3.05, 3.63) is 47.8 Å². The van der Waals surface area contributed by atoms with E-state index in [0.29, 0.717) is 11.4 Å². The Labute approximate surface area is 138 Å². The van der Waals surface area contributed by atoms with Gasteiger partial charge >= 0.3 is 11.9 Å². The normalized spacial score (nSPS) is 10.2. The molecule has 0 aliphatic rings. The van der Waals surface area contributed by atoms with Crippen LogP contribution < -0.4 is 11.5 Å². The molecule has 0 fully saturated rings. The van der Waals surface area contributed by atoms with Crippen LogP contribution in [0.15, 0.2) is 36.7 Å². The maximum Gasteiger partial charge on any atom is 0.320 e. The van der Waals surface area contributed by atoms with E-state index in [1.165, 1.54) is 0 Å². The van der Waals surface area contributed by atoms with Gasteiger partial charge in [0.2, 0.25) is 0 Å². The van der Waals surface area contributed by atoms with Gasteiger partial charge in [0.05, 0.1) is 24.5 Å². The van der Waals surface area contributed by atoms with E-state index in [9.17, 15) is 9.59 Å². The number of ether oxygens (including phenoxy) is 2. The predicted molar refractivity (Wildman–Crippen MR) is 85.2 cm³/mol. The van der Waals surface area contributed by atoms with Gasteiger partial charge < -0.3 is 20.9 Å². The Morgan fingerprint density at radius 1 is 0.833 bits per heavy atom. The first kappa shape index (κ1) is 17.5. The van der Waals surface area contributed by atoms with Crippen LogP contribution in [0.5, 0.6) is 0 Å². The molecule has 2 rings (SSSR count). The molecule has 0 bridgehead atoms. The van der Waals surface area contributed by atoms with E-state index in [2.05, 4.69) is 9.97 Å². The maximum atomic E-state index is 11.1. The van der Waals surface area contributed by atoms with Crippen LogP contribution in [0, 0.1) is 0 Å². The first-order chi connectivity index (χ1) is 11.6. The van der Waals surface area contributed by atoms with Crippen LogP contribution >= 0.6 is 0 Å². The Morgan fingerprint density at radius 2 is 1.25 bits per heavy atom. The quantitative estimate of drug-likeness (QED) is 0.686. The number of nitrogens with two attached hydrogens (primary N) is 2. The van der Waals surface area contributed by atoms with Crippen molar-refractivity contribution in [2.45, 2.75) is 13.2 Å². The second kappa shape index (κ2) is 8.70. The molecular formula is C16H18N4O4. The van der Waals surface area contributed by atoms with E-state index < -0.39 is 11.9 Å². The number of carbonyl (C=O) groups is 2. The highest BCUT2D eigenvalue weighted by Gasteiger charge is 2.07. The van der Waals surface area contributed by atoms with Crippen molar-refractivity contribution in [3.8, 4) is 11.4 Å². The summed E-state index contributed by atoms with van der Waals surface area (Å²) < 4.78 is 9.98. The van der Waals surface area contributed by atoms with E-state index in [0.717, 1.165) is 11.1 Å². The molecule has 0 amide bonds. The van der Waals surface area contributed by atoms with Crippen molar-refractivity contribution in [2.75, 3.05) is 13.1 Å². The van der Waals surface area contributed by atoms with Crippen LogP contribution in [0.2, 0.25) is 0 Å². The Kier molecular flexibility index (Phi) is 6.35. The number of esters is 2. The Morgan fingerprint density at radius 3 is 1.62 bits per heavy atom. The fraction of sp³-hybridized carbons (Fsp3) is 0.250. The van der Waals surface area contributed by atoms with E-state index >= 15 is 0 Å². The monoisotopic (exact) mass is 330 g/mol. The van der Waals surface area contributed by atoms with Gasteiger partial charge in [-0.05, 0) is 35.4 Å². The van der Waals surface area contributed by atoms with Crippen LogP contribution in [0.25, 0.3) is 11.4 Å². The minimum Gasteiger partial charge on any atom is -0.460 e. The van der Waals surface area contributed by atoms with E-state index in [4.69, 9.17) is 20.9 Å². The molecule has 2 aromatic heterocycles. The lowest BCUT2D eigenvalue weighted by Crippen LogP contribution is -2.16. The third-order valence-corrected chi connectivity index (χ3v) is 3.04. The highest BCUT2D eigenvalue weighted by atomic mass is 16.5. The molecule has 0 aromatic carbocycles. The van der Waals surface area contributed by atoms with Crippen molar-refractivity contribution in [3.63, 3.8) is 0 Å². The summed E-state index contributed by atoms with van der Waals surface area (Å²) in [6, 6.07) is 7.00. The van der Waals surface area contributed by atoms with Gasteiger partial charge in [0.1, 0.15) is 13.2 Å². The lowest BCUT2D eigenvalue weighted by atomic mass is 10.1. The molecule has 126 valence electrons. The van der Waals surface area contributed by atoms with Gasteiger partial charge in [-0.1, -0.05) is 0 Å². The van der Waals surface area contributed by atoms with Gasteiger partial charge in [0.15, 0.2) is 0 Å². The first-order valence-corrected chi connectivity index (χ1v) is 7.24. The predicted octanol–water partition coefficient (Wildman–Crippen LogP) is 0.147. The molecule has 0 spiro atoms. The molecule has 0 unspecified atom stereocenters. The number of hydrogen-bond acceptors (Lipinski definition) is 8. The molecule has 2 heterocycles. The zero-order valence-corrected chi connectivity index (χ0v) is 13.0. The third kappa shape index (κ3) is 5.11. The van der Waals surface area contributed by atoms with Gasteiger partial charge in [-0.15, -0.1) is 0 Å². The number of hydrogen-bond donors (Lipinski definition) is 2. The number of carbonyl (C=O) groups excluding carboxylic acids is 2. The van der Waals surface area contributed by atoms with Crippen molar-refractivity contribution in [1.82, 2.24) is 9.97 Å². The van der Waals surface area contributed by atoms with Crippen LogP contribution in [0.3, 0.4) is 0 Å². The van der Waals surface area contributed by atoms with E-state index in [1.54, 1.807) is 36.7 Å². The highest BCUT2D eigenvalue weighted by molar-refractivity contribution is 5.71. The average Bonchev–Trinajstić information content (AvgIpc) is 2.64. The highest BCUT2D eigenvalue weighted by Crippen LogP contribution is 2.17. The number of pyridine rings is 2. The summed E-state index contributed by atoms with van der Waals surface area (Å²) >= 11 is 0. The van der Waals surface area contributed by atoms with Crippen LogP contribution in [0.1, 0.15) is 11.1 Å².